The summed E-state index contributed by atoms with van der Waals surface area (Å²) < 4.78 is 5.72. The zero-order chi connectivity index (χ0) is 16.3. The van der Waals surface area contributed by atoms with Gasteiger partial charge in [-0.15, -0.1) is 0 Å². The standard InChI is InChI=1S/C19H18N2O2/c1-16(22)6-5-13-20-21-14-17-9-11-19(12-10-17)23-15-18-7-3-2-4-8-18/h2-4,7-12,14,20H,13,15H2,1H3. The lowest BCUT2D eigenvalue weighted by molar-refractivity contribution is -0.111. The van der Waals surface area contributed by atoms with Gasteiger partial charge in [0, 0.05) is 6.92 Å². The van der Waals surface area contributed by atoms with Gasteiger partial charge in [0.05, 0.1) is 12.8 Å². The Morgan fingerprint density at radius 1 is 1.17 bits per heavy atom. The van der Waals surface area contributed by atoms with E-state index in [1.807, 2.05) is 54.6 Å². The maximum atomic E-state index is 10.6. The van der Waals surface area contributed by atoms with Gasteiger partial charge in [0.15, 0.2) is 0 Å². The van der Waals surface area contributed by atoms with Crippen molar-refractivity contribution in [1.29, 1.82) is 0 Å². The van der Waals surface area contributed by atoms with Crippen molar-refractivity contribution in [2.45, 2.75) is 13.5 Å². The van der Waals surface area contributed by atoms with Crippen molar-refractivity contribution in [1.82, 2.24) is 5.43 Å². The number of hydrogen-bond acceptors (Lipinski definition) is 4. The fourth-order valence-electron chi connectivity index (χ4n) is 1.77. The highest BCUT2D eigenvalue weighted by atomic mass is 16.5. The minimum absolute atomic E-state index is 0.151. The van der Waals surface area contributed by atoms with E-state index in [-0.39, 0.29) is 5.78 Å². The monoisotopic (exact) mass is 306 g/mol. The Balaban J connectivity index is 1.78. The predicted molar refractivity (Wildman–Crippen MR) is 91.3 cm³/mol. The maximum absolute atomic E-state index is 10.6. The summed E-state index contributed by atoms with van der Waals surface area (Å²) in [6, 6.07) is 17.7. The van der Waals surface area contributed by atoms with Crippen molar-refractivity contribution in [3.8, 4) is 17.6 Å². The van der Waals surface area contributed by atoms with Crippen molar-refractivity contribution in [3.63, 3.8) is 0 Å². The molecule has 4 heteroatoms. The summed E-state index contributed by atoms with van der Waals surface area (Å²) in [4.78, 5) is 10.6. The maximum Gasteiger partial charge on any atom is 0.202 e. The van der Waals surface area contributed by atoms with Crippen LogP contribution in [0, 0.1) is 11.8 Å². The molecule has 0 saturated carbocycles. The summed E-state index contributed by atoms with van der Waals surface area (Å²) in [7, 11) is 0. The van der Waals surface area contributed by atoms with Crippen molar-refractivity contribution in [2.75, 3.05) is 6.54 Å². The van der Waals surface area contributed by atoms with Gasteiger partial charge in [0.1, 0.15) is 12.4 Å². The number of nitrogens with one attached hydrogen (secondary N) is 1. The normalized spacial score (nSPS) is 9.96. The second-order valence-electron chi connectivity index (χ2n) is 4.79. The Morgan fingerprint density at radius 2 is 1.91 bits per heavy atom. The largest absolute Gasteiger partial charge is 0.489 e. The van der Waals surface area contributed by atoms with E-state index < -0.39 is 0 Å². The van der Waals surface area contributed by atoms with Crippen LogP contribution >= 0.6 is 0 Å². The van der Waals surface area contributed by atoms with Crippen LogP contribution in [0.4, 0.5) is 0 Å². The molecule has 0 aromatic heterocycles. The molecular formula is C19H18N2O2. The molecule has 0 saturated heterocycles. The average molecular weight is 306 g/mol. The molecule has 116 valence electrons. The fraction of sp³-hybridized carbons (Fsp3) is 0.158. The van der Waals surface area contributed by atoms with Crippen LogP contribution in [0.1, 0.15) is 18.1 Å². The van der Waals surface area contributed by atoms with E-state index in [4.69, 9.17) is 4.74 Å². The van der Waals surface area contributed by atoms with Crippen LogP contribution in [-0.4, -0.2) is 18.5 Å². The number of Topliss-reactive ketones (excluding diaryl/α,β-unsaturated/α-hetero) is 1. The smallest absolute Gasteiger partial charge is 0.202 e. The first-order valence-electron chi connectivity index (χ1n) is 7.26. The third-order valence-electron chi connectivity index (χ3n) is 2.87. The molecule has 1 N–H and O–H groups in total. The van der Waals surface area contributed by atoms with Gasteiger partial charge in [-0.05, 0) is 41.3 Å². The van der Waals surface area contributed by atoms with Gasteiger partial charge in [0.2, 0.25) is 5.78 Å². The molecule has 0 aliphatic rings. The van der Waals surface area contributed by atoms with Gasteiger partial charge >= 0.3 is 0 Å². The summed E-state index contributed by atoms with van der Waals surface area (Å²) in [6.07, 6.45) is 1.69. The van der Waals surface area contributed by atoms with E-state index in [9.17, 15) is 4.79 Å². The highest BCUT2D eigenvalue weighted by Crippen LogP contribution is 2.13. The Morgan fingerprint density at radius 3 is 2.61 bits per heavy atom. The van der Waals surface area contributed by atoms with Crippen molar-refractivity contribution in [2.24, 2.45) is 5.10 Å². The molecule has 0 radical (unpaired) electrons. The topological polar surface area (TPSA) is 50.7 Å². The summed E-state index contributed by atoms with van der Waals surface area (Å²) in [5, 5.41) is 4.03. The molecule has 2 aromatic rings. The van der Waals surface area contributed by atoms with Crippen LogP contribution in [0.5, 0.6) is 5.75 Å². The average Bonchev–Trinajstić information content (AvgIpc) is 2.58. The van der Waals surface area contributed by atoms with E-state index in [1.54, 1.807) is 6.21 Å². The van der Waals surface area contributed by atoms with Gasteiger partial charge in [-0.2, -0.15) is 5.10 Å². The first-order chi connectivity index (χ1) is 11.2. The number of ether oxygens (including phenoxy) is 1. The molecule has 0 unspecified atom stereocenters. The SMILES string of the molecule is CC(=O)C#CCNN=Cc1ccc(OCc2ccccc2)cc1. The number of carbonyl (C=O) groups is 1. The fourth-order valence-corrected chi connectivity index (χ4v) is 1.77. The van der Waals surface area contributed by atoms with Crippen molar-refractivity contribution < 1.29 is 9.53 Å². The predicted octanol–water partition coefficient (Wildman–Crippen LogP) is 2.78. The van der Waals surface area contributed by atoms with Gasteiger partial charge in [-0.3, -0.25) is 10.2 Å². The first-order valence-corrected chi connectivity index (χ1v) is 7.26. The minimum Gasteiger partial charge on any atom is -0.489 e. The van der Waals surface area contributed by atoms with Crippen LogP contribution in [0.3, 0.4) is 0 Å². The van der Waals surface area contributed by atoms with Crippen LogP contribution in [0.2, 0.25) is 0 Å². The molecule has 23 heavy (non-hydrogen) atoms. The number of hydrogen-bond donors (Lipinski definition) is 1. The quantitative estimate of drug-likeness (QED) is 0.293. The van der Waals surface area contributed by atoms with E-state index >= 15 is 0 Å². The van der Waals surface area contributed by atoms with E-state index in [0.29, 0.717) is 13.2 Å². The van der Waals surface area contributed by atoms with Crippen molar-refractivity contribution >= 4 is 12.0 Å². The molecular weight excluding hydrogens is 288 g/mol. The molecule has 0 atom stereocenters. The van der Waals surface area contributed by atoms with Gasteiger partial charge in [-0.1, -0.05) is 36.3 Å². The Labute approximate surface area is 136 Å². The molecule has 2 aromatic carbocycles. The highest BCUT2D eigenvalue weighted by Gasteiger charge is 1.95. The van der Waals surface area contributed by atoms with E-state index in [0.717, 1.165) is 16.9 Å². The second-order valence-corrected chi connectivity index (χ2v) is 4.79. The number of rotatable bonds is 6. The van der Waals surface area contributed by atoms with Crippen LogP contribution in [0.15, 0.2) is 59.7 Å². The van der Waals surface area contributed by atoms with Gasteiger partial charge < -0.3 is 4.74 Å². The molecule has 0 amide bonds. The summed E-state index contributed by atoms with van der Waals surface area (Å²) in [6.45, 7) is 2.32. The second kappa shape index (κ2) is 9.06. The van der Waals surface area contributed by atoms with Crippen LogP contribution in [0.25, 0.3) is 0 Å². The van der Waals surface area contributed by atoms with Gasteiger partial charge in [-0.25, -0.2) is 0 Å². The number of ketones is 1. The first kappa shape index (κ1) is 16.3. The van der Waals surface area contributed by atoms with E-state index in [1.165, 1.54) is 6.92 Å². The molecule has 0 aliphatic heterocycles. The summed E-state index contributed by atoms with van der Waals surface area (Å²) in [5.41, 5.74) is 4.84. The number of nitrogens with zero attached hydrogens (tertiary/aromatic N) is 1. The minimum atomic E-state index is -0.151. The number of hydrazone groups is 1. The molecule has 0 bridgehead atoms. The molecule has 0 spiro atoms. The van der Waals surface area contributed by atoms with Crippen LogP contribution < -0.4 is 10.2 Å². The Kier molecular flexibility index (Phi) is 6.43. The molecule has 0 fully saturated rings. The molecule has 0 aliphatic carbocycles. The lowest BCUT2D eigenvalue weighted by atomic mass is 10.2. The Bertz CT molecular complexity index is 711. The lowest BCUT2D eigenvalue weighted by Crippen LogP contribution is -2.05. The molecule has 2 rings (SSSR count). The van der Waals surface area contributed by atoms with Gasteiger partial charge in [0.25, 0.3) is 0 Å². The third kappa shape index (κ3) is 6.49. The van der Waals surface area contributed by atoms with Crippen LogP contribution in [-0.2, 0) is 11.4 Å². The third-order valence-corrected chi connectivity index (χ3v) is 2.87. The summed E-state index contributed by atoms with van der Waals surface area (Å²) in [5.74, 6) is 5.77. The van der Waals surface area contributed by atoms with Crippen molar-refractivity contribution in [3.05, 3.63) is 65.7 Å². The Hall–Kier alpha value is -3.06. The lowest BCUT2D eigenvalue weighted by Gasteiger charge is -2.06. The summed E-state index contributed by atoms with van der Waals surface area (Å²) >= 11 is 0. The molecule has 4 nitrogen and oxygen atoms in total. The zero-order valence-electron chi connectivity index (χ0n) is 13.0. The zero-order valence-corrected chi connectivity index (χ0v) is 13.0. The van der Waals surface area contributed by atoms with E-state index in [2.05, 4.69) is 22.4 Å². The molecule has 0 heterocycles. The highest BCUT2D eigenvalue weighted by molar-refractivity contribution is 5.93. The number of benzene rings is 2. The number of carbonyl (C=O) groups excluding carboxylic acids is 1.